The molecule has 2 heterocycles. The molecule has 0 aliphatic rings. The van der Waals surface area contributed by atoms with E-state index < -0.39 is 0 Å². The van der Waals surface area contributed by atoms with Crippen LogP contribution in [0.1, 0.15) is 29.4 Å². The van der Waals surface area contributed by atoms with Crippen LogP contribution in [0.2, 0.25) is 0 Å². The van der Waals surface area contributed by atoms with Crippen molar-refractivity contribution in [3.63, 3.8) is 0 Å². The van der Waals surface area contributed by atoms with E-state index in [0.29, 0.717) is 16.7 Å². The van der Waals surface area contributed by atoms with Gasteiger partial charge in [-0.25, -0.2) is 4.98 Å². The molecule has 1 unspecified atom stereocenters. The number of benzene rings is 2. The van der Waals surface area contributed by atoms with Crippen LogP contribution in [0, 0.1) is 0 Å². The Labute approximate surface area is 160 Å². The van der Waals surface area contributed by atoms with Crippen LogP contribution >= 0.6 is 11.8 Å². The van der Waals surface area contributed by atoms with E-state index in [-0.39, 0.29) is 10.8 Å². The van der Waals surface area contributed by atoms with Gasteiger partial charge in [0, 0.05) is 13.5 Å². The zero-order valence-electron chi connectivity index (χ0n) is 15.1. The minimum Gasteiger partial charge on any atom is -0.309 e. The fourth-order valence-electron chi connectivity index (χ4n) is 2.89. The number of aromatic nitrogens is 5. The molecule has 7 heteroatoms. The van der Waals surface area contributed by atoms with Gasteiger partial charge in [-0.05, 0) is 24.6 Å². The maximum absolute atomic E-state index is 12.3. The highest BCUT2D eigenvalue weighted by Crippen LogP contribution is 2.32. The van der Waals surface area contributed by atoms with Crippen molar-refractivity contribution in [3.05, 3.63) is 82.2 Å². The maximum Gasteiger partial charge on any atom is 0.258 e. The predicted molar refractivity (Wildman–Crippen MR) is 107 cm³/mol. The number of nitrogens with zero attached hydrogens (tertiary/aromatic N) is 4. The molecule has 4 rings (SSSR count). The molecule has 6 nitrogen and oxygen atoms in total. The van der Waals surface area contributed by atoms with E-state index in [1.54, 1.807) is 6.07 Å². The van der Waals surface area contributed by atoms with E-state index in [1.165, 1.54) is 17.3 Å². The molecule has 1 N–H and O–H groups in total. The highest BCUT2D eigenvalue weighted by atomic mass is 32.2. The Bertz CT molecular complexity index is 1140. The van der Waals surface area contributed by atoms with Crippen molar-refractivity contribution in [1.29, 1.82) is 0 Å². The molecule has 0 saturated carbocycles. The molecule has 2 aromatic heterocycles. The molecule has 0 fully saturated rings. The van der Waals surface area contributed by atoms with Crippen LogP contribution in [0.15, 0.2) is 64.5 Å². The first kappa shape index (κ1) is 17.5. The summed E-state index contributed by atoms with van der Waals surface area (Å²) in [4.78, 5) is 19.8. The van der Waals surface area contributed by atoms with Crippen molar-refractivity contribution in [2.45, 2.75) is 23.8 Å². The van der Waals surface area contributed by atoms with Gasteiger partial charge in [-0.1, -0.05) is 54.2 Å². The van der Waals surface area contributed by atoms with Gasteiger partial charge < -0.3 is 9.55 Å². The zero-order chi connectivity index (χ0) is 18.8. The average Bonchev–Trinajstić information content (AvgIpc) is 3.02. The Hall–Kier alpha value is -2.93. The molecule has 27 heavy (non-hydrogen) atoms. The zero-order valence-corrected chi connectivity index (χ0v) is 15.9. The summed E-state index contributed by atoms with van der Waals surface area (Å²) in [6.45, 7) is 2.00. The van der Waals surface area contributed by atoms with Crippen LogP contribution in [0.3, 0.4) is 0 Å². The van der Waals surface area contributed by atoms with Gasteiger partial charge in [-0.15, -0.1) is 10.2 Å². The van der Waals surface area contributed by atoms with Gasteiger partial charge in [0.15, 0.2) is 5.16 Å². The van der Waals surface area contributed by atoms with Crippen LogP contribution in [-0.4, -0.2) is 24.7 Å². The topological polar surface area (TPSA) is 76.5 Å². The fraction of sp³-hybridized carbons (Fsp3) is 0.200. The second kappa shape index (κ2) is 7.36. The molecule has 136 valence electrons. The lowest BCUT2D eigenvalue weighted by Gasteiger charge is -2.11. The lowest BCUT2D eigenvalue weighted by Crippen LogP contribution is -2.13. The summed E-state index contributed by atoms with van der Waals surface area (Å²) in [5.41, 5.74) is 1.77. The number of para-hydroxylation sites is 1. The number of hydrogen-bond donors (Lipinski definition) is 1. The number of aromatic amines is 1. The number of hydrogen-bond acceptors (Lipinski definition) is 5. The second-order valence-electron chi connectivity index (χ2n) is 6.35. The van der Waals surface area contributed by atoms with E-state index >= 15 is 0 Å². The largest absolute Gasteiger partial charge is 0.309 e. The maximum atomic E-state index is 12.3. The van der Waals surface area contributed by atoms with E-state index in [1.807, 2.05) is 54.9 Å². The lowest BCUT2D eigenvalue weighted by molar-refractivity contribution is 0.745. The van der Waals surface area contributed by atoms with Crippen LogP contribution in [-0.2, 0) is 13.5 Å². The molecule has 0 aliphatic heterocycles. The third-order valence-corrected chi connectivity index (χ3v) is 5.57. The monoisotopic (exact) mass is 377 g/mol. The molecular formula is C20H19N5OS. The summed E-state index contributed by atoms with van der Waals surface area (Å²) in [5, 5.41) is 9.98. The smallest absolute Gasteiger partial charge is 0.258 e. The van der Waals surface area contributed by atoms with Crippen molar-refractivity contribution >= 4 is 22.7 Å². The van der Waals surface area contributed by atoms with Crippen LogP contribution < -0.4 is 5.56 Å². The van der Waals surface area contributed by atoms with Gasteiger partial charge in [0.05, 0.1) is 16.2 Å². The molecule has 2 aromatic carbocycles. The molecular weight excluding hydrogens is 358 g/mol. The SMILES string of the molecule is CC(Sc1nnc(Cc2ccccc2)n1C)c1nc2ccccc2c(=O)[nH]1. The third-order valence-electron chi connectivity index (χ3n) is 4.43. The molecule has 0 saturated heterocycles. The van der Waals surface area contributed by atoms with Crippen molar-refractivity contribution in [2.75, 3.05) is 0 Å². The quantitative estimate of drug-likeness (QED) is 0.539. The Balaban J connectivity index is 1.57. The van der Waals surface area contributed by atoms with Crippen molar-refractivity contribution in [2.24, 2.45) is 7.05 Å². The number of nitrogens with one attached hydrogen (secondary N) is 1. The molecule has 0 spiro atoms. The lowest BCUT2D eigenvalue weighted by atomic mass is 10.1. The number of rotatable bonds is 5. The van der Waals surface area contributed by atoms with Gasteiger partial charge in [-0.3, -0.25) is 4.79 Å². The van der Waals surface area contributed by atoms with E-state index in [9.17, 15) is 4.79 Å². The van der Waals surface area contributed by atoms with Gasteiger partial charge in [0.1, 0.15) is 11.6 Å². The first-order chi connectivity index (χ1) is 13.1. The molecule has 0 bridgehead atoms. The Morgan fingerprint density at radius 3 is 2.63 bits per heavy atom. The summed E-state index contributed by atoms with van der Waals surface area (Å²) < 4.78 is 1.99. The predicted octanol–water partition coefficient (Wildman–Crippen LogP) is 3.50. The van der Waals surface area contributed by atoms with E-state index in [2.05, 4.69) is 32.3 Å². The van der Waals surface area contributed by atoms with Gasteiger partial charge in [0.2, 0.25) is 0 Å². The highest BCUT2D eigenvalue weighted by Gasteiger charge is 2.17. The molecule has 1 atom stereocenters. The number of H-pyrrole nitrogens is 1. The first-order valence-corrected chi connectivity index (χ1v) is 9.57. The first-order valence-electron chi connectivity index (χ1n) is 8.69. The van der Waals surface area contributed by atoms with Gasteiger partial charge >= 0.3 is 0 Å². The van der Waals surface area contributed by atoms with Gasteiger partial charge in [-0.2, -0.15) is 0 Å². The van der Waals surface area contributed by atoms with Crippen LogP contribution in [0.25, 0.3) is 10.9 Å². The molecule has 0 radical (unpaired) electrons. The standard InChI is InChI=1S/C20H19N5OS/c1-13(18-21-16-11-7-6-10-15(16)19(26)22-18)27-20-24-23-17(25(20)2)12-14-8-4-3-5-9-14/h3-11,13H,12H2,1-2H3,(H,21,22,26). The second-order valence-corrected chi connectivity index (χ2v) is 7.66. The Morgan fingerprint density at radius 2 is 1.81 bits per heavy atom. The number of thioether (sulfide) groups is 1. The Morgan fingerprint density at radius 1 is 1.07 bits per heavy atom. The molecule has 4 aromatic rings. The van der Waals surface area contributed by atoms with Crippen molar-refractivity contribution in [1.82, 2.24) is 24.7 Å². The number of fused-ring (bicyclic) bond motifs is 1. The van der Waals surface area contributed by atoms with Gasteiger partial charge in [0.25, 0.3) is 5.56 Å². The van der Waals surface area contributed by atoms with E-state index in [4.69, 9.17) is 0 Å². The summed E-state index contributed by atoms with van der Waals surface area (Å²) in [6, 6.07) is 17.5. The summed E-state index contributed by atoms with van der Waals surface area (Å²) in [5.74, 6) is 1.53. The fourth-order valence-corrected chi connectivity index (χ4v) is 3.78. The van der Waals surface area contributed by atoms with Crippen molar-refractivity contribution < 1.29 is 0 Å². The third kappa shape index (κ3) is 3.64. The normalized spacial score (nSPS) is 12.4. The highest BCUT2D eigenvalue weighted by molar-refractivity contribution is 7.99. The minimum absolute atomic E-state index is 0.0604. The van der Waals surface area contributed by atoms with E-state index in [0.717, 1.165) is 17.4 Å². The molecule has 0 amide bonds. The van der Waals surface area contributed by atoms with Crippen molar-refractivity contribution in [3.8, 4) is 0 Å². The summed E-state index contributed by atoms with van der Waals surface area (Å²) in [7, 11) is 1.96. The van der Waals surface area contributed by atoms with Crippen LogP contribution in [0.4, 0.5) is 0 Å². The van der Waals surface area contributed by atoms with Crippen LogP contribution in [0.5, 0.6) is 0 Å². The summed E-state index contributed by atoms with van der Waals surface area (Å²) >= 11 is 1.53. The average molecular weight is 377 g/mol. The molecule has 0 aliphatic carbocycles. The Kier molecular flexibility index (Phi) is 4.77. The minimum atomic E-state index is -0.120. The summed E-state index contributed by atoms with van der Waals surface area (Å²) in [6.07, 6.45) is 0.727.